The quantitative estimate of drug-likeness (QED) is 0.496. The average molecular weight is 553 g/mol. The van der Waals surface area contributed by atoms with Crippen LogP contribution in [0.2, 0.25) is 0 Å². The number of nitrogens with zero attached hydrogens (tertiary/aromatic N) is 6. The van der Waals surface area contributed by atoms with Crippen LogP contribution in [0.5, 0.6) is 5.75 Å². The van der Waals surface area contributed by atoms with E-state index in [1.54, 1.807) is 30.1 Å². The minimum Gasteiger partial charge on any atom is -0.432 e. The third kappa shape index (κ3) is 5.39. The second kappa shape index (κ2) is 11.3. The third-order valence-electron chi connectivity index (χ3n) is 8.22. The number of benzene rings is 1. The topological polar surface area (TPSA) is 99.7 Å². The van der Waals surface area contributed by atoms with Crippen LogP contribution in [0.25, 0.3) is 5.70 Å². The molecule has 2 fully saturated rings. The number of alkyl halides is 2. The van der Waals surface area contributed by atoms with Crippen molar-refractivity contribution in [1.82, 2.24) is 9.88 Å². The Balaban J connectivity index is 1.38. The molecule has 8 nitrogen and oxygen atoms in total. The first-order valence-electron chi connectivity index (χ1n) is 13.4. The van der Waals surface area contributed by atoms with E-state index < -0.39 is 24.4 Å². The van der Waals surface area contributed by atoms with E-state index in [9.17, 15) is 28.8 Å². The van der Waals surface area contributed by atoms with Gasteiger partial charge in [0.1, 0.15) is 29.1 Å². The summed E-state index contributed by atoms with van der Waals surface area (Å²) in [6, 6.07) is 11.8. The van der Waals surface area contributed by atoms with E-state index in [-0.39, 0.29) is 23.4 Å². The van der Waals surface area contributed by atoms with E-state index in [0.29, 0.717) is 28.7 Å². The number of aromatic nitrogens is 1. The molecule has 2 saturated carbocycles. The molecule has 0 spiro atoms. The Labute approximate surface area is 231 Å². The lowest BCUT2D eigenvalue weighted by atomic mass is 9.87. The number of nitriles is 2. The number of aliphatic hydroxyl groups is 1. The number of hydrogen-bond donors (Lipinski definition) is 1. The van der Waals surface area contributed by atoms with Crippen molar-refractivity contribution in [3.8, 4) is 17.9 Å². The highest BCUT2D eigenvalue weighted by molar-refractivity contribution is 5.82. The van der Waals surface area contributed by atoms with Crippen LogP contribution in [0.15, 0.2) is 35.9 Å². The maximum atomic E-state index is 14.1. The van der Waals surface area contributed by atoms with Crippen LogP contribution in [0, 0.1) is 34.4 Å². The third-order valence-corrected chi connectivity index (χ3v) is 8.22. The molecule has 1 aliphatic heterocycles. The molecule has 1 aromatic carbocycles. The molecule has 0 bridgehead atoms. The van der Waals surface area contributed by atoms with E-state index in [4.69, 9.17) is 0 Å². The van der Waals surface area contributed by atoms with Gasteiger partial charge >= 0.3 is 6.61 Å². The van der Waals surface area contributed by atoms with Gasteiger partial charge in [-0.15, -0.1) is 0 Å². The standard InChI is InChI=1S/C29H31F3N6O2/c1-36(27-22(15-34)28(39)37(2)24-12-5-18(14-33)35-26(24)27)19-6-8-20(9-7-19)38(16-17-3-4-17)21-10-11-23(30)25(13-21)40-29(31)32/h5,10-13,17,19-20,28-29,39H,3-4,6-9,16H2,1-2H3. The fourth-order valence-electron chi connectivity index (χ4n) is 5.86. The molecule has 0 radical (unpaired) electrons. The highest BCUT2D eigenvalue weighted by atomic mass is 19.3. The molecule has 3 aliphatic rings. The zero-order chi connectivity index (χ0) is 28.6. The zero-order valence-corrected chi connectivity index (χ0v) is 22.4. The average Bonchev–Trinajstić information content (AvgIpc) is 3.78. The molecule has 0 amide bonds. The predicted molar refractivity (Wildman–Crippen MR) is 143 cm³/mol. The van der Waals surface area contributed by atoms with E-state index in [1.807, 2.05) is 11.9 Å². The largest absolute Gasteiger partial charge is 0.432 e. The van der Waals surface area contributed by atoms with Crippen molar-refractivity contribution < 1.29 is 23.0 Å². The zero-order valence-electron chi connectivity index (χ0n) is 22.4. The van der Waals surface area contributed by atoms with Gasteiger partial charge in [0.05, 0.1) is 11.4 Å². The van der Waals surface area contributed by atoms with Gasteiger partial charge in [-0.3, -0.25) is 0 Å². The Kier molecular flexibility index (Phi) is 7.77. The van der Waals surface area contributed by atoms with Crippen molar-refractivity contribution >= 4 is 17.1 Å². The molecule has 40 heavy (non-hydrogen) atoms. The number of ether oxygens (including phenoxy) is 1. The van der Waals surface area contributed by atoms with Crippen molar-refractivity contribution in [2.45, 2.75) is 63.4 Å². The van der Waals surface area contributed by atoms with Gasteiger partial charge in [-0.25, -0.2) is 9.37 Å². The van der Waals surface area contributed by atoms with Gasteiger partial charge in [0.15, 0.2) is 17.8 Å². The maximum Gasteiger partial charge on any atom is 0.387 e. The first-order valence-corrected chi connectivity index (χ1v) is 13.4. The summed E-state index contributed by atoms with van der Waals surface area (Å²) < 4.78 is 44.2. The molecule has 2 aliphatic carbocycles. The lowest BCUT2D eigenvalue weighted by molar-refractivity contribution is -0.0521. The van der Waals surface area contributed by atoms with Gasteiger partial charge in [-0.05, 0) is 68.7 Å². The highest BCUT2D eigenvalue weighted by Crippen LogP contribution is 2.41. The first kappa shape index (κ1) is 27.6. The molecular weight excluding hydrogens is 521 g/mol. The van der Waals surface area contributed by atoms with Crippen LogP contribution in [0.1, 0.15) is 49.9 Å². The normalized spacial score (nSPS) is 22.4. The van der Waals surface area contributed by atoms with E-state index >= 15 is 0 Å². The van der Waals surface area contributed by atoms with Gasteiger partial charge in [-0.1, -0.05) is 0 Å². The minimum absolute atomic E-state index is 0.0410. The molecule has 11 heteroatoms. The lowest BCUT2D eigenvalue weighted by Gasteiger charge is -2.44. The summed E-state index contributed by atoms with van der Waals surface area (Å²) in [6.45, 7) is -2.34. The summed E-state index contributed by atoms with van der Waals surface area (Å²) in [5.41, 5.74) is 2.70. The molecular formula is C29H31F3N6O2. The summed E-state index contributed by atoms with van der Waals surface area (Å²) in [7, 11) is 3.56. The van der Waals surface area contributed by atoms with Crippen LogP contribution in [0.4, 0.5) is 24.5 Å². The number of likely N-dealkylation sites (N-methyl/N-ethyl adjacent to an activating group) is 1. The summed E-state index contributed by atoms with van der Waals surface area (Å²) in [4.78, 5) is 10.3. The van der Waals surface area contributed by atoms with Crippen molar-refractivity contribution in [3.05, 3.63) is 53.1 Å². The molecule has 210 valence electrons. The molecule has 1 atom stereocenters. The molecule has 1 aromatic heterocycles. The number of rotatable bonds is 8. The second-order valence-electron chi connectivity index (χ2n) is 10.7. The number of halogens is 3. The van der Waals surface area contributed by atoms with E-state index in [0.717, 1.165) is 45.1 Å². The van der Waals surface area contributed by atoms with Gasteiger partial charge in [0, 0.05) is 44.5 Å². The van der Waals surface area contributed by atoms with Crippen LogP contribution in [-0.2, 0) is 0 Å². The Morgan fingerprint density at radius 3 is 2.40 bits per heavy atom. The second-order valence-corrected chi connectivity index (χ2v) is 10.7. The van der Waals surface area contributed by atoms with Gasteiger partial charge in [0.25, 0.3) is 0 Å². The van der Waals surface area contributed by atoms with Crippen molar-refractivity contribution in [2.24, 2.45) is 5.92 Å². The summed E-state index contributed by atoms with van der Waals surface area (Å²) in [5.74, 6) is -0.761. The number of aliphatic hydroxyl groups excluding tert-OH is 1. The number of hydrogen-bond acceptors (Lipinski definition) is 8. The van der Waals surface area contributed by atoms with Crippen LogP contribution < -0.4 is 14.5 Å². The SMILES string of the molecule is CN(C1=C(C#N)C(O)N(C)c2ccc(C#N)nc21)C1CCC(N(CC2CC2)c2ccc(F)c(OC(F)F)c2)CC1. The van der Waals surface area contributed by atoms with Crippen molar-refractivity contribution in [2.75, 3.05) is 30.4 Å². The smallest absolute Gasteiger partial charge is 0.387 e. The first-order chi connectivity index (χ1) is 19.2. The Morgan fingerprint density at radius 2 is 1.77 bits per heavy atom. The molecule has 0 saturated heterocycles. The van der Waals surface area contributed by atoms with Crippen molar-refractivity contribution in [1.29, 1.82) is 10.5 Å². The summed E-state index contributed by atoms with van der Waals surface area (Å²) in [5, 5.41) is 30.3. The fourth-order valence-corrected chi connectivity index (χ4v) is 5.86. The summed E-state index contributed by atoms with van der Waals surface area (Å²) >= 11 is 0. The number of fused-ring (bicyclic) bond motifs is 1. The van der Waals surface area contributed by atoms with E-state index in [2.05, 4.69) is 26.8 Å². The van der Waals surface area contributed by atoms with Gasteiger partial charge < -0.3 is 24.5 Å². The maximum absolute atomic E-state index is 14.1. The Bertz CT molecular complexity index is 1370. The fraction of sp³-hybridized carbons (Fsp3) is 0.483. The van der Waals surface area contributed by atoms with Crippen LogP contribution >= 0.6 is 0 Å². The minimum atomic E-state index is -3.11. The Morgan fingerprint density at radius 1 is 1.07 bits per heavy atom. The molecule has 2 aromatic rings. The van der Waals surface area contributed by atoms with Gasteiger partial charge in [-0.2, -0.15) is 19.3 Å². The van der Waals surface area contributed by atoms with Gasteiger partial charge in [0.2, 0.25) is 0 Å². The van der Waals surface area contributed by atoms with Crippen LogP contribution in [0.3, 0.4) is 0 Å². The predicted octanol–water partition coefficient (Wildman–Crippen LogP) is 4.86. The lowest BCUT2D eigenvalue weighted by Crippen LogP contribution is -2.45. The molecule has 2 heterocycles. The highest BCUT2D eigenvalue weighted by Gasteiger charge is 2.37. The molecule has 5 rings (SSSR count). The van der Waals surface area contributed by atoms with Crippen molar-refractivity contribution in [3.63, 3.8) is 0 Å². The monoisotopic (exact) mass is 552 g/mol. The van der Waals surface area contributed by atoms with E-state index in [1.165, 1.54) is 12.1 Å². The van der Waals surface area contributed by atoms with Crippen LogP contribution in [-0.4, -0.2) is 60.6 Å². The molecule has 1 unspecified atom stereocenters. The molecule has 1 N–H and O–H groups in total. The number of anilines is 2. The Hall–Kier alpha value is -3.96. The summed E-state index contributed by atoms with van der Waals surface area (Å²) in [6.07, 6.45) is 4.19. The number of pyridine rings is 1.